The maximum Gasteiger partial charge on any atom is 0.317 e. The Labute approximate surface area is 115 Å². The van der Waals surface area contributed by atoms with Gasteiger partial charge in [0.2, 0.25) is 0 Å². The molecule has 110 valence electrons. The molecule has 0 spiro atoms. The van der Waals surface area contributed by atoms with Crippen molar-refractivity contribution in [3.05, 3.63) is 0 Å². The van der Waals surface area contributed by atoms with Gasteiger partial charge in [-0.25, -0.2) is 4.79 Å². The van der Waals surface area contributed by atoms with Gasteiger partial charge in [-0.2, -0.15) is 0 Å². The summed E-state index contributed by atoms with van der Waals surface area (Å²) < 4.78 is 0. The zero-order chi connectivity index (χ0) is 14.6. The van der Waals surface area contributed by atoms with E-state index in [9.17, 15) is 14.7 Å². The number of urea groups is 1. The molecule has 2 N–H and O–H groups in total. The van der Waals surface area contributed by atoms with Crippen molar-refractivity contribution < 1.29 is 14.7 Å². The molecule has 5 heteroatoms. The number of nitrogens with one attached hydrogen (secondary N) is 1. The van der Waals surface area contributed by atoms with E-state index in [-0.39, 0.29) is 11.9 Å². The first kappa shape index (κ1) is 15.8. The van der Waals surface area contributed by atoms with Gasteiger partial charge in [0.05, 0.1) is 5.41 Å². The molecular formula is C14H26N2O3. The lowest BCUT2D eigenvalue weighted by molar-refractivity contribution is -0.150. The molecule has 0 aliphatic carbocycles. The number of hydrogen-bond donors (Lipinski definition) is 2. The van der Waals surface area contributed by atoms with Gasteiger partial charge in [0, 0.05) is 19.6 Å². The van der Waals surface area contributed by atoms with Crippen LogP contribution in [0.15, 0.2) is 0 Å². The molecule has 1 aliphatic rings. The lowest BCUT2D eigenvalue weighted by Gasteiger charge is -2.28. The van der Waals surface area contributed by atoms with Gasteiger partial charge in [-0.05, 0) is 24.7 Å². The minimum Gasteiger partial charge on any atom is -0.481 e. The van der Waals surface area contributed by atoms with Crippen LogP contribution in [0.4, 0.5) is 4.79 Å². The first-order chi connectivity index (χ1) is 8.79. The van der Waals surface area contributed by atoms with Crippen LogP contribution in [0.2, 0.25) is 0 Å². The Hall–Kier alpha value is -1.26. The molecule has 0 bridgehead atoms. The maximum absolute atomic E-state index is 12.0. The minimum absolute atomic E-state index is 0.0264. The highest BCUT2D eigenvalue weighted by molar-refractivity contribution is 5.80. The summed E-state index contributed by atoms with van der Waals surface area (Å²) in [7, 11) is 0. The molecule has 2 amide bonds. The predicted molar refractivity (Wildman–Crippen MR) is 74.0 cm³/mol. The number of carboxylic acids is 1. The van der Waals surface area contributed by atoms with Crippen LogP contribution in [0.5, 0.6) is 0 Å². The summed E-state index contributed by atoms with van der Waals surface area (Å²) >= 11 is 0. The molecule has 0 radical (unpaired) electrons. The number of aliphatic carboxylic acids is 1. The van der Waals surface area contributed by atoms with Gasteiger partial charge in [0.15, 0.2) is 0 Å². The molecule has 19 heavy (non-hydrogen) atoms. The van der Waals surface area contributed by atoms with Crippen LogP contribution < -0.4 is 5.32 Å². The van der Waals surface area contributed by atoms with Crippen molar-refractivity contribution in [1.82, 2.24) is 10.2 Å². The van der Waals surface area contributed by atoms with Gasteiger partial charge in [0.1, 0.15) is 0 Å². The fourth-order valence-electron chi connectivity index (χ4n) is 2.48. The second kappa shape index (κ2) is 6.26. The SMILES string of the molecule is CC(C)CCNC(=O)N1CCC(C(=O)O)(C(C)C)C1. The molecule has 1 heterocycles. The van der Waals surface area contributed by atoms with Crippen molar-refractivity contribution in [2.24, 2.45) is 17.3 Å². The first-order valence-electron chi connectivity index (χ1n) is 7.05. The number of rotatable bonds is 5. The molecule has 1 fully saturated rings. The topological polar surface area (TPSA) is 69.6 Å². The lowest BCUT2D eigenvalue weighted by atomic mass is 9.76. The van der Waals surface area contributed by atoms with Crippen molar-refractivity contribution >= 4 is 12.0 Å². The van der Waals surface area contributed by atoms with Crippen LogP contribution in [-0.2, 0) is 4.79 Å². The number of carboxylic acid groups (broad SMARTS) is 1. The summed E-state index contributed by atoms with van der Waals surface area (Å²) in [6.07, 6.45) is 1.48. The molecule has 0 saturated carbocycles. The molecule has 0 aromatic carbocycles. The molecule has 1 aliphatic heterocycles. The van der Waals surface area contributed by atoms with E-state index in [0.717, 1.165) is 6.42 Å². The average Bonchev–Trinajstić information content (AvgIpc) is 2.74. The second-order valence-corrected chi connectivity index (χ2v) is 6.20. The van der Waals surface area contributed by atoms with Crippen LogP contribution in [0.3, 0.4) is 0 Å². The number of amides is 2. The van der Waals surface area contributed by atoms with Crippen molar-refractivity contribution in [1.29, 1.82) is 0 Å². The third kappa shape index (κ3) is 3.61. The van der Waals surface area contributed by atoms with E-state index in [0.29, 0.717) is 32.0 Å². The summed E-state index contributed by atoms with van der Waals surface area (Å²) in [6.45, 7) is 9.52. The highest BCUT2D eigenvalue weighted by atomic mass is 16.4. The summed E-state index contributed by atoms with van der Waals surface area (Å²) in [4.78, 5) is 25.1. The monoisotopic (exact) mass is 270 g/mol. The number of hydrogen-bond acceptors (Lipinski definition) is 2. The fraction of sp³-hybridized carbons (Fsp3) is 0.857. The van der Waals surface area contributed by atoms with E-state index in [1.54, 1.807) is 4.90 Å². The summed E-state index contributed by atoms with van der Waals surface area (Å²) in [5.41, 5.74) is -0.782. The van der Waals surface area contributed by atoms with Crippen LogP contribution in [0, 0.1) is 17.3 Å². The fourth-order valence-corrected chi connectivity index (χ4v) is 2.48. The van der Waals surface area contributed by atoms with Crippen molar-refractivity contribution in [2.45, 2.75) is 40.5 Å². The molecule has 0 aromatic heterocycles. The van der Waals surface area contributed by atoms with E-state index in [1.807, 2.05) is 13.8 Å². The molecule has 1 unspecified atom stereocenters. The van der Waals surface area contributed by atoms with Gasteiger partial charge in [-0.3, -0.25) is 4.79 Å². The maximum atomic E-state index is 12.0. The van der Waals surface area contributed by atoms with Crippen LogP contribution >= 0.6 is 0 Å². The van der Waals surface area contributed by atoms with E-state index < -0.39 is 11.4 Å². The van der Waals surface area contributed by atoms with Crippen LogP contribution in [-0.4, -0.2) is 41.6 Å². The molecule has 1 rings (SSSR count). The van der Waals surface area contributed by atoms with E-state index in [4.69, 9.17) is 0 Å². The standard InChI is InChI=1S/C14H26N2O3/c1-10(2)5-7-15-13(19)16-8-6-14(9-16,11(3)4)12(17)18/h10-11H,5-9H2,1-4H3,(H,15,19)(H,17,18). The second-order valence-electron chi connectivity index (χ2n) is 6.20. The Morgan fingerprint density at radius 1 is 1.32 bits per heavy atom. The Morgan fingerprint density at radius 3 is 2.37 bits per heavy atom. The lowest BCUT2D eigenvalue weighted by Crippen LogP contribution is -2.44. The van der Waals surface area contributed by atoms with Gasteiger partial charge in [-0.15, -0.1) is 0 Å². The van der Waals surface area contributed by atoms with E-state index in [1.165, 1.54) is 0 Å². The van der Waals surface area contributed by atoms with Gasteiger partial charge in [0.25, 0.3) is 0 Å². The summed E-state index contributed by atoms with van der Waals surface area (Å²) in [5.74, 6) is -0.217. The highest BCUT2D eigenvalue weighted by Gasteiger charge is 2.48. The van der Waals surface area contributed by atoms with Crippen molar-refractivity contribution in [3.63, 3.8) is 0 Å². The third-order valence-corrected chi connectivity index (χ3v) is 4.12. The molecule has 0 aromatic rings. The largest absolute Gasteiger partial charge is 0.481 e. The highest BCUT2D eigenvalue weighted by Crippen LogP contribution is 2.38. The predicted octanol–water partition coefficient (Wildman–Crippen LogP) is 2.17. The number of carbonyl (C=O) groups excluding carboxylic acids is 1. The normalized spacial score (nSPS) is 23.2. The Bertz CT molecular complexity index is 342. The van der Waals surface area contributed by atoms with Crippen LogP contribution in [0.1, 0.15) is 40.5 Å². The van der Waals surface area contributed by atoms with Gasteiger partial charge in [-0.1, -0.05) is 27.7 Å². The molecule has 1 atom stereocenters. The zero-order valence-corrected chi connectivity index (χ0v) is 12.4. The van der Waals surface area contributed by atoms with Crippen molar-refractivity contribution in [3.8, 4) is 0 Å². The number of carbonyl (C=O) groups is 2. The van der Waals surface area contributed by atoms with E-state index in [2.05, 4.69) is 19.2 Å². The number of likely N-dealkylation sites (tertiary alicyclic amines) is 1. The summed E-state index contributed by atoms with van der Waals surface area (Å²) in [6, 6.07) is -0.135. The Balaban J connectivity index is 2.55. The average molecular weight is 270 g/mol. The zero-order valence-electron chi connectivity index (χ0n) is 12.4. The van der Waals surface area contributed by atoms with Crippen molar-refractivity contribution in [2.75, 3.05) is 19.6 Å². The quantitative estimate of drug-likeness (QED) is 0.804. The van der Waals surface area contributed by atoms with Gasteiger partial charge < -0.3 is 15.3 Å². The molecule has 5 nitrogen and oxygen atoms in total. The van der Waals surface area contributed by atoms with Gasteiger partial charge >= 0.3 is 12.0 Å². The first-order valence-corrected chi connectivity index (χ1v) is 7.05. The van der Waals surface area contributed by atoms with E-state index >= 15 is 0 Å². The Kier molecular flexibility index (Phi) is 5.20. The molecular weight excluding hydrogens is 244 g/mol. The summed E-state index contributed by atoms with van der Waals surface area (Å²) in [5, 5.41) is 12.3. The Morgan fingerprint density at radius 2 is 1.95 bits per heavy atom. The number of nitrogens with zero attached hydrogens (tertiary/aromatic N) is 1. The smallest absolute Gasteiger partial charge is 0.317 e. The van der Waals surface area contributed by atoms with Crippen LogP contribution in [0.25, 0.3) is 0 Å². The minimum atomic E-state index is -0.792. The third-order valence-electron chi connectivity index (χ3n) is 4.12. The molecule has 1 saturated heterocycles.